The van der Waals surface area contributed by atoms with Gasteiger partial charge in [0.15, 0.2) is 0 Å². The lowest BCUT2D eigenvalue weighted by atomic mass is 10.1. The van der Waals surface area contributed by atoms with Gasteiger partial charge in [0.1, 0.15) is 11.6 Å². The van der Waals surface area contributed by atoms with E-state index in [1.54, 1.807) is 43.1 Å². The van der Waals surface area contributed by atoms with Crippen molar-refractivity contribution >= 4 is 39.3 Å². The Balaban J connectivity index is 2.00. The first-order chi connectivity index (χ1) is 10.9. The molecule has 1 N–H and O–H groups in total. The van der Waals surface area contributed by atoms with Crippen LogP contribution < -0.4 is 5.32 Å². The molecule has 0 aliphatic rings. The SMILES string of the molecule is CC(C(=O)Nc1ccc(Cl)cn1)N(C)Cc1cc(Br)ccc1F. The molecule has 0 fully saturated rings. The van der Waals surface area contributed by atoms with Gasteiger partial charge in [-0.15, -0.1) is 0 Å². The number of pyridine rings is 1. The van der Waals surface area contributed by atoms with Gasteiger partial charge in [-0.25, -0.2) is 9.37 Å². The highest BCUT2D eigenvalue weighted by Crippen LogP contribution is 2.18. The molecular formula is C16H16BrClFN3O. The number of likely N-dealkylation sites (N-methyl/N-ethyl adjacent to an activating group) is 1. The first-order valence-corrected chi connectivity index (χ1v) is 8.10. The number of carbonyl (C=O) groups excluding carboxylic acids is 1. The number of carbonyl (C=O) groups is 1. The Morgan fingerprint density at radius 3 is 2.83 bits per heavy atom. The monoisotopic (exact) mass is 399 g/mol. The largest absolute Gasteiger partial charge is 0.309 e. The highest BCUT2D eigenvalue weighted by atomic mass is 79.9. The fourth-order valence-corrected chi connectivity index (χ4v) is 2.47. The third kappa shape index (κ3) is 4.99. The molecule has 1 unspecified atom stereocenters. The van der Waals surface area contributed by atoms with E-state index in [1.807, 2.05) is 0 Å². The number of amides is 1. The molecule has 0 aliphatic carbocycles. The lowest BCUT2D eigenvalue weighted by Gasteiger charge is -2.24. The van der Waals surface area contributed by atoms with Gasteiger partial charge in [0.2, 0.25) is 5.91 Å². The minimum Gasteiger partial charge on any atom is -0.309 e. The van der Waals surface area contributed by atoms with Crippen LogP contribution in [0.4, 0.5) is 10.2 Å². The van der Waals surface area contributed by atoms with Crippen molar-refractivity contribution in [2.45, 2.75) is 19.5 Å². The summed E-state index contributed by atoms with van der Waals surface area (Å²) in [4.78, 5) is 18.0. The number of anilines is 1. The maximum Gasteiger partial charge on any atom is 0.242 e. The van der Waals surface area contributed by atoms with E-state index in [0.29, 0.717) is 22.9 Å². The van der Waals surface area contributed by atoms with E-state index in [9.17, 15) is 9.18 Å². The number of rotatable bonds is 5. The molecule has 23 heavy (non-hydrogen) atoms. The van der Waals surface area contributed by atoms with Crippen LogP contribution in [0.15, 0.2) is 41.0 Å². The van der Waals surface area contributed by atoms with Crippen molar-refractivity contribution in [1.29, 1.82) is 0 Å². The molecule has 1 aromatic heterocycles. The Morgan fingerprint density at radius 1 is 1.43 bits per heavy atom. The molecule has 122 valence electrons. The number of hydrogen-bond donors (Lipinski definition) is 1. The lowest BCUT2D eigenvalue weighted by molar-refractivity contribution is -0.120. The van der Waals surface area contributed by atoms with Crippen LogP contribution in [0, 0.1) is 5.82 Å². The van der Waals surface area contributed by atoms with Crippen molar-refractivity contribution in [2.75, 3.05) is 12.4 Å². The average Bonchev–Trinajstić information content (AvgIpc) is 2.52. The third-order valence-corrected chi connectivity index (χ3v) is 4.16. The summed E-state index contributed by atoms with van der Waals surface area (Å²) in [7, 11) is 1.76. The van der Waals surface area contributed by atoms with E-state index in [4.69, 9.17) is 11.6 Å². The molecule has 1 aromatic carbocycles. The molecule has 4 nitrogen and oxygen atoms in total. The summed E-state index contributed by atoms with van der Waals surface area (Å²) in [6.07, 6.45) is 1.46. The highest BCUT2D eigenvalue weighted by molar-refractivity contribution is 9.10. The lowest BCUT2D eigenvalue weighted by Crippen LogP contribution is -2.39. The van der Waals surface area contributed by atoms with Crippen LogP contribution in [0.25, 0.3) is 0 Å². The van der Waals surface area contributed by atoms with Crippen LogP contribution in [0.3, 0.4) is 0 Å². The molecule has 0 spiro atoms. The van der Waals surface area contributed by atoms with Crippen LogP contribution in [-0.2, 0) is 11.3 Å². The fraction of sp³-hybridized carbons (Fsp3) is 0.250. The molecule has 1 amide bonds. The molecule has 0 saturated carbocycles. The molecule has 0 radical (unpaired) electrons. The Morgan fingerprint density at radius 2 is 2.17 bits per heavy atom. The number of halogens is 3. The van der Waals surface area contributed by atoms with Crippen molar-refractivity contribution in [3.8, 4) is 0 Å². The van der Waals surface area contributed by atoms with Crippen LogP contribution in [0.1, 0.15) is 12.5 Å². The first-order valence-electron chi connectivity index (χ1n) is 6.93. The molecule has 1 heterocycles. The predicted octanol–water partition coefficient (Wildman–Crippen LogP) is 4.10. The van der Waals surface area contributed by atoms with Gasteiger partial charge in [-0.05, 0) is 44.3 Å². The minimum absolute atomic E-state index is 0.224. The summed E-state index contributed by atoms with van der Waals surface area (Å²) in [5.41, 5.74) is 0.520. The Hall–Kier alpha value is -1.50. The van der Waals surface area contributed by atoms with Crippen molar-refractivity contribution in [3.05, 3.63) is 57.4 Å². The van der Waals surface area contributed by atoms with Gasteiger partial charge in [-0.2, -0.15) is 0 Å². The van der Waals surface area contributed by atoms with Gasteiger partial charge in [0.25, 0.3) is 0 Å². The van der Waals surface area contributed by atoms with Gasteiger partial charge >= 0.3 is 0 Å². The molecule has 0 saturated heterocycles. The number of benzene rings is 1. The van der Waals surface area contributed by atoms with E-state index in [2.05, 4.69) is 26.2 Å². The van der Waals surface area contributed by atoms with Gasteiger partial charge in [-0.1, -0.05) is 27.5 Å². The van der Waals surface area contributed by atoms with E-state index in [1.165, 1.54) is 12.3 Å². The summed E-state index contributed by atoms with van der Waals surface area (Å²) < 4.78 is 14.6. The smallest absolute Gasteiger partial charge is 0.242 e. The van der Waals surface area contributed by atoms with Crippen molar-refractivity contribution in [2.24, 2.45) is 0 Å². The third-order valence-electron chi connectivity index (χ3n) is 3.45. The highest BCUT2D eigenvalue weighted by Gasteiger charge is 2.19. The Bertz CT molecular complexity index is 696. The molecule has 2 rings (SSSR count). The number of nitrogens with one attached hydrogen (secondary N) is 1. The topological polar surface area (TPSA) is 45.2 Å². The van der Waals surface area contributed by atoms with E-state index in [0.717, 1.165) is 4.47 Å². The molecule has 0 bridgehead atoms. The van der Waals surface area contributed by atoms with Crippen molar-refractivity contribution in [3.63, 3.8) is 0 Å². The van der Waals surface area contributed by atoms with Crippen LogP contribution >= 0.6 is 27.5 Å². The summed E-state index contributed by atoms with van der Waals surface area (Å²) >= 11 is 9.08. The standard InChI is InChI=1S/C16H16BrClFN3O/c1-10(16(23)21-15-6-4-13(18)8-20-15)22(2)9-11-7-12(17)3-5-14(11)19/h3-8,10H,9H2,1-2H3,(H,20,21,23). The second-order valence-electron chi connectivity index (χ2n) is 5.18. The second kappa shape index (κ2) is 7.86. The molecule has 2 aromatic rings. The first kappa shape index (κ1) is 17.8. The molecule has 1 atom stereocenters. The zero-order valence-electron chi connectivity index (χ0n) is 12.7. The fourth-order valence-electron chi connectivity index (χ4n) is 1.95. The second-order valence-corrected chi connectivity index (χ2v) is 6.53. The maximum atomic E-state index is 13.8. The minimum atomic E-state index is -0.453. The molecule has 7 heteroatoms. The van der Waals surface area contributed by atoms with Gasteiger partial charge in [0, 0.05) is 22.8 Å². The number of hydrogen-bond acceptors (Lipinski definition) is 3. The summed E-state index contributed by atoms with van der Waals surface area (Å²) in [5, 5.41) is 3.21. The van der Waals surface area contributed by atoms with Crippen molar-refractivity contribution < 1.29 is 9.18 Å². The zero-order chi connectivity index (χ0) is 17.0. The van der Waals surface area contributed by atoms with E-state index >= 15 is 0 Å². The zero-order valence-corrected chi connectivity index (χ0v) is 15.0. The molecule has 0 aliphatic heterocycles. The average molecular weight is 401 g/mol. The maximum absolute atomic E-state index is 13.8. The van der Waals surface area contributed by atoms with E-state index < -0.39 is 6.04 Å². The van der Waals surface area contributed by atoms with Gasteiger partial charge in [0.05, 0.1) is 11.1 Å². The number of nitrogens with zero attached hydrogens (tertiary/aromatic N) is 2. The van der Waals surface area contributed by atoms with Gasteiger partial charge in [-0.3, -0.25) is 9.69 Å². The molecular weight excluding hydrogens is 385 g/mol. The predicted molar refractivity (Wildman–Crippen MR) is 92.9 cm³/mol. The van der Waals surface area contributed by atoms with Crippen molar-refractivity contribution in [1.82, 2.24) is 9.88 Å². The van der Waals surface area contributed by atoms with Crippen LogP contribution in [0.2, 0.25) is 5.02 Å². The van der Waals surface area contributed by atoms with Crippen LogP contribution in [-0.4, -0.2) is 28.9 Å². The Labute approximate surface area is 147 Å². The van der Waals surface area contributed by atoms with Gasteiger partial charge < -0.3 is 5.32 Å². The Kier molecular flexibility index (Phi) is 6.10. The van der Waals surface area contributed by atoms with Crippen LogP contribution in [0.5, 0.6) is 0 Å². The number of aromatic nitrogens is 1. The van der Waals surface area contributed by atoms with E-state index in [-0.39, 0.29) is 11.7 Å². The quantitative estimate of drug-likeness (QED) is 0.822. The summed E-state index contributed by atoms with van der Waals surface area (Å²) in [5.74, 6) is -0.0990. The summed E-state index contributed by atoms with van der Waals surface area (Å²) in [6.45, 7) is 2.06. The summed E-state index contributed by atoms with van der Waals surface area (Å²) in [6, 6.07) is 7.57. The normalized spacial score (nSPS) is 12.3.